The summed E-state index contributed by atoms with van der Waals surface area (Å²) in [4.78, 5) is 43.1. The number of nitrogens with one attached hydrogen (secondary N) is 1. The fraction of sp³-hybridized carbons (Fsp3) is 0.609. The van der Waals surface area contributed by atoms with E-state index in [9.17, 15) is 14.4 Å². The van der Waals surface area contributed by atoms with E-state index in [-0.39, 0.29) is 17.8 Å². The molecule has 162 valence electrons. The summed E-state index contributed by atoms with van der Waals surface area (Å²) in [7, 11) is 0. The minimum atomic E-state index is -0.658. The van der Waals surface area contributed by atoms with Crippen molar-refractivity contribution in [3.63, 3.8) is 0 Å². The average molecular weight is 413 g/mol. The predicted octanol–water partition coefficient (Wildman–Crippen LogP) is 2.28. The second-order valence-electron chi connectivity index (χ2n) is 8.86. The number of aryl methyl sites for hydroxylation is 1. The summed E-state index contributed by atoms with van der Waals surface area (Å²) in [6.45, 7) is 6.59. The zero-order chi connectivity index (χ0) is 21.1. The Hall–Kier alpha value is -2.41. The van der Waals surface area contributed by atoms with E-state index in [0.717, 1.165) is 58.4 Å². The second kappa shape index (κ2) is 8.76. The molecule has 3 aliphatic rings. The Morgan fingerprint density at radius 3 is 2.47 bits per heavy atom. The van der Waals surface area contributed by atoms with E-state index in [2.05, 4.69) is 41.4 Å². The van der Waals surface area contributed by atoms with Crippen LogP contribution in [0.1, 0.15) is 49.7 Å². The van der Waals surface area contributed by atoms with Gasteiger partial charge in [0.2, 0.25) is 5.91 Å². The lowest BCUT2D eigenvalue weighted by molar-refractivity contribution is -0.134. The fourth-order valence-corrected chi connectivity index (χ4v) is 4.93. The van der Waals surface area contributed by atoms with Crippen LogP contribution in [0.2, 0.25) is 0 Å². The molecule has 7 nitrogen and oxygen atoms in total. The molecule has 1 aliphatic carbocycles. The van der Waals surface area contributed by atoms with Crippen LogP contribution in [0, 0.1) is 6.92 Å². The lowest BCUT2D eigenvalue weighted by Gasteiger charge is -2.35. The van der Waals surface area contributed by atoms with Crippen LogP contribution >= 0.6 is 0 Å². The summed E-state index contributed by atoms with van der Waals surface area (Å²) in [6, 6.07) is 8.14. The Kier molecular flexibility index (Phi) is 6.09. The molecule has 0 bridgehead atoms. The van der Waals surface area contributed by atoms with Gasteiger partial charge in [0.1, 0.15) is 5.54 Å². The highest BCUT2D eigenvalue weighted by Crippen LogP contribution is 2.35. The Labute approximate surface area is 178 Å². The SMILES string of the molecule is Cc1ccccc1CN1CCN(C(=O)CCCN2C(=O)NC3(CCCC3)C2=O)CC1. The number of carbonyl (C=O) groups is 3. The molecule has 0 aromatic heterocycles. The van der Waals surface area contributed by atoms with Crippen LogP contribution in [0.25, 0.3) is 0 Å². The van der Waals surface area contributed by atoms with Gasteiger partial charge in [-0.05, 0) is 37.3 Å². The quantitative estimate of drug-likeness (QED) is 0.728. The van der Waals surface area contributed by atoms with Gasteiger partial charge in [0, 0.05) is 45.7 Å². The number of urea groups is 1. The van der Waals surface area contributed by atoms with Gasteiger partial charge < -0.3 is 10.2 Å². The van der Waals surface area contributed by atoms with Gasteiger partial charge in [-0.2, -0.15) is 0 Å². The van der Waals surface area contributed by atoms with Crippen molar-refractivity contribution in [2.75, 3.05) is 32.7 Å². The van der Waals surface area contributed by atoms with Crippen molar-refractivity contribution in [1.82, 2.24) is 20.0 Å². The van der Waals surface area contributed by atoms with E-state index in [4.69, 9.17) is 0 Å². The molecular weight excluding hydrogens is 380 g/mol. The van der Waals surface area contributed by atoms with Crippen molar-refractivity contribution in [1.29, 1.82) is 0 Å². The molecule has 1 aromatic carbocycles. The Balaban J connectivity index is 1.20. The monoisotopic (exact) mass is 412 g/mol. The largest absolute Gasteiger partial charge is 0.340 e. The van der Waals surface area contributed by atoms with E-state index in [1.807, 2.05) is 4.90 Å². The summed E-state index contributed by atoms with van der Waals surface area (Å²) < 4.78 is 0. The third-order valence-corrected chi connectivity index (χ3v) is 6.86. The number of rotatable bonds is 6. The molecule has 1 spiro atoms. The minimum Gasteiger partial charge on any atom is -0.340 e. The highest BCUT2D eigenvalue weighted by Gasteiger charge is 2.52. The fourth-order valence-electron chi connectivity index (χ4n) is 4.93. The first-order chi connectivity index (χ1) is 14.5. The number of piperazine rings is 1. The normalized spacial score (nSPS) is 21.5. The van der Waals surface area contributed by atoms with Gasteiger partial charge >= 0.3 is 6.03 Å². The molecular formula is C23H32N4O3. The van der Waals surface area contributed by atoms with E-state index in [0.29, 0.717) is 19.4 Å². The Bertz CT molecular complexity index is 810. The zero-order valence-electron chi connectivity index (χ0n) is 17.9. The van der Waals surface area contributed by atoms with Gasteiger partial charge in [-0.1, -0.05) is 37.1 Å². The Morgan fingerprint density at radius 2 is 1.77 bits per heavy atom. The van der Waals surface area contributed by atoms with E-state index in [1.165, 1.54) is 16.0 Å². The molecule has 2 heterocycles. The third kappa shape index (κ3) is 4.21. The molecule has 1 N–H and O–H groups in total. The van der Waals surface area contributed by atoms with Crippen molar-refractivity contribution < 1.29 is 14.4 Å². The highest BCUT2D eigenvalue weighted by atomic mass is 16.2. The standard InChI is InChI=1S/C23H32N4O3/c1-18-7-2-3-8-19(18)17-25-13-15-26(16-14-25)20(28)9-6-12-27-21(29)23(24-22(27)30)10-4-5-11-23/h2-3,7-8H,4-6,9-17H2,1H3,(H,24,30). The first-order valence-electron chi connectivity index (χ1n) is 11.2. The summed E-state index contributed by atoms with van der Waals surface area (Å²) in [6.07, 6.45) is 4.33. The molecule has 1 aromatic rings. The molecule has 2 aliphatic heterocycles. The van der Waals surface area contributed by atoms with Crippen LogP contribution < -0.4 is 5.32 Å². The molecule has 0 atom stereocenters. The first kappa shape index (κ1) is 20.8. The number of benzene rings is 1. The lowest BCUT2D eigenvalue weighted by atomic mass is 9.98. The molecule has 0 radical (unpaired) electrons. The smallest absolute Gasteiger partial charge is 0.325 e. The number of carbonyl (C=O) groups excluding carboxylic acids is 3. The average Bonchev–Trinajstić information content (AvgIpc) is 3.30. The van der Waals surface area contributed by atoms with Crippen LogP contribution in [-0.2, 0) is 16.1 Å². The maximum Gasteiger partial charge on any atom is 0.325 e. The van der Waals surface area contributed by atoms with E-state index >= 15 is 0 Å². The van der Waals surface area contributed by atoms with Crippen molar-refractivity contribution >= 4 is 17.8 Å². The topological polar surface area (TPSA) is 73.0 Å². The maximum absolute atomic E-state index is 12.7. The minimum absolute atomic E-state index is 0.0951. The van der Waals surface area contributed by atoms with Crippen molar-refractivity contribution in [2.45, 2.75) is 57.5 Å². The highest BCUT2D eigenvalue weighted by molar-refractivity contribution is 6.07. The molecule has 2 saturated heterocycles. The molecule has 1 saturated carbocycles. The summed E-state index contributed by atoms with van der Waals surface area (Å²) in [5, 5.41) is 2.90. The molecule has 4 rings (SSSR count). The van der Waals surface area contributed by atoms with E-state index in [1.54, 1.807) is 0 Å². The summed E-state index contributed by atoms with van der Waals surface area (Å²) in [5.41, 5.74) is 1.98. The second-order valence-corrected chi connectivity index (χ2v) is 8.86. The molecule has 0 unspecified atom stereocenters. The molecule has 4 amide bonds. The maximum atomic E-state index is 12.7. The van der Waals surface area contributed by atoms with Gasteiger partial charge in [-0.15, -0.1) is 0 Å². The first-order valence-corrected chi connectivity index (χ1v) is 11.2. The predicted molar refractivity (Wildman–Crippen MR) is 114 cm³/mol. The van der Waals surface area contributed by atoms with Gasteiger partial charge in [0.25, 0.3) is 5.91 Å². The number of hydrogen-bond donors (Lipinski definition) is 1. The van der Waals surface area contributed by atoms with Gasteiger partial charge in [-0.25, -0.2) is 4.79 Å². The van der Waals surface area contributed by atoms with Crippen molar-refractivity contribution in [3.8, 4) is 0 Å². The van der Waals surface area contributed by atoms with E-state index < -0.39 is 5.54 Å². The van der Waals surface area contributed by atoms with Gasteiger partial charge in [-0.3, -0.25) is 19.4 Å². The molecule has 3 fully saturated rings. The number of nitrogens with zero attached hydrogens (tertiary/aromatic N) is 3. The number of imide groups is 1. The number of hydrogen-bond acceptors (Lipinski definition) is 4. The van der Waals surface area contributed by atoms with Crippen LogP contribution in [0.4, 0.5) is 4.79 Å². The van der Waals surface area contributed by atoms with Gasteiger partial charge in [0.05, 0.1) is 0 Å². The summed E-state index contributed by atoms with van der Waals surface area (Å²) >= 11 is 0. The molecule has 7 heteroatoms. The Morgan fingerprint density at radius 1 is 1.07 bits per heavy atom. The summed E-state index contributed by atoms with van der Waals surface area (Å²) in [5.74, 6) is 0.0236. The van der Waals surface area contributed by atoms with Crippen LogP contribution in [0.15, 0.2) is 24.3 Å². The lowest BCUT2D eigenvalue weighted by Crippen LogP contribution is -2.48. The third-order valence-electron chi connectivity index (χ3n) is 6.86. The van der Waals surface area contributed by atoms with Crippen molar-refractivity contribution in [2.24, 2.45) is 0 Å². The van der Waals surface area contributed by atoms with Crippen LogP contribution in [0.5, 0.6) is 0 Å². The van der Waals surface area contributed by atoms with Gasteiger partial charge in [0.15, 0.2) is 0 Å². The zero-order valence-corrected chi connectivity index (χ0v) is 17.9. The van der Waals surface area contributed by atoms with Crippen molar-refractivity contribution in [3.05, 3.63) is 35.4 Å². The number of amides is 4. The molecule has 30 heavy (non-hydrogen) atoms. The van der Waals surface area contributed by atoms with Crippen LogP contribution in [-0.4, -0.2) is 70.8 Å². The van der Waals surface area contributed by atoms with Crippen LogP contribution in [0.3, 0.4) is 0 Å².